The number of benzene rings is 1. The third kappa shape index (κ3) is 3.38. The molecule has 9 heteroatoms. The average molecular weight is 404 g/mol. The smallest absolute Gasteiger partial charge is 0.350 e. The number of amides is 1. The van der Waals surface area contributed by atoms with E-state index in [1.165, 1.54) is 4.40 Å². The highest BCUT2D eigenvalue weighted by atomic mass is 16.5. The Hall–Kier alpha value is -3.75. The van der Waals surface area contributed by atoms with Crippen molar-refractivity contribution in [3.05, 3.63) is 59.1 Å². The van der Waals surface area contributed by atoms with E-state index in [4.69, 9.17) is 4.52 Å². The van der Waals surface area contributed by atoms with Crippen LogP contribution >= 0.6 is 0 Å². The molecule has 1 aliphatic rings. The van der Waals surface area contributed by atoms with Crippen LogP contribution in [-0.2, 0) is 11.3 Å². The monoisotopic (exact) mass is 404 g/mol. The maximum Gasteiger partial charge on any atom is 0.350 e. The Bertz CT molecular complexity index is 1250. The van der Waals surface area contributed by atoms with Gasteiger partial charge in [-0.15, -0.1) is 5.10 Å². The SMILES string of the molecule is O=C(Cn1nc2c(-c3nc(-c4ccccc4)no3)cccn2c1=O)NC1CCCC1. The third-order valence-corrected chi connectivity index (χ3v) is 5.31. The molecule has 0 saturated heterocycles. The van der Waals surface area contributed by atoms with Crippen molar-refractivity contribution in [1.82, 2.24) is 29.6 Å². The van der Waals surface area contributed by atoms with Crippen LogP contribution in [0.25, 0.3) is 28.5 Å². The van der Waals surface area contributed by atoms with Crippen LogP contribution in [0.5, 0.6) is 0 Å². The van der Waals surface area contributed by atoms with Crippen LogP contribution in [0.3, 0.4) is 0 Å². The van der Waals surface area contributed by atoms with Gasteiger partial charge in [-0.25, -0.2) is 13.9 Å². The van der Waals surface area contributed by atoms with Gasteiger partial charge in [-0.05, 0) is 25.0 Å². The first kappa shape index (κ1) is 18.3. The van der Waals surface area contributed by atoms with E-state index in [0.717, 1.165) is 35.9 Å². The number of fused-ring (bicyclic) bond motifs is 1. The van der Waals surface area contributed by atoms with Crippen LogP contribution in [0.2, 0.25) is 0 Å². The summed E-state index contributed by atoms with van der Waals surface area (Å²) in [5.41, 5.74) is 1.32. The normalized spacial score (nSPS) is 14.4. The summed E-state index contributed by atoms with van der Waals surface area (Å²) in [5.74, 6) is 0.496. The molecule has 0 spiro atoms. The maximum atomic E-state index is 12.7. The number of hydrogen-bond acceptors (Lipinski definition) is 6. The van der Waals surface area contributed by atoms with Crippen molar-refractivity contribution in [1.29, 1.82) is 0 Å². The third-order valence-electron chi connectivity index (χ3n) is 5.31. The highest BCUT2D eigenvalue weighted by Crippen LogP contribution is 2.24. The van der Waals surface area contributed by atoms with E-state index in [-0.39, 0.29) is 24.4 Å². The molecule has 4 aromatic rings. The second kappa shape index (κ2) is 7.58. The van der Waals surface area contributed by atoms with Gasteiger partial charge in [0.1, 0.15) is 6.54 Å². The van der Waals surface area contributed by atoms with Gasteiger partial charge in [0.15, 0.2) is 5.65 Å². The molecule has 3 heterocycles. The van der Waals surface area contributed by atoms with Crippen molar-refractivity contribution in [2.45, 2.75) is 38.3 Å². The van der Waals surface area contributed by atoms with Gasteiger partial charge in [0.2, 0.25) is 11.7 Å². The molecule has 9 nitrogen and oxygen atoms in total. The van der Waals surface area contributed by atoms with Crippen LogP contribution in [0.1, 0.15) is 25.7 Å². The number of rotatable bonds is 5. The number of nitrogens with one attached hydrogen (secondary N) is 1. The summed E-state index contributed by atoms with van der Waals surface area (Å²) in [6, 6.07) is 13.1. The summed E-state index contributed by atoms with van der Waals surface area (Å²) in [4.78, 5) is 29.5. The van der Waals surface area contributed by atoms with Gasteiger partial charge in [0.25, 0.3) is 5.89 Å². The standard InChI is InChI=1S/C21H20N6O3/c28-17(22-15-9-4-5-10-15)13-27-21(29)26-12-6-11-16(19(26)24-27)20-23-18(25-30-20)14-7-2-1-3-8-14/h1-3,6-8,11-12,15H,4-5,9-10,13H2,(H,22,28). The fraction of sp³-hybridized carbons (Fsp3) is 0.286. The Morgan fingerprint density at radius 2 is 1.93 bits per heavy atom. The largest absolute Gasteiger partial charge is 0.352 e. The van der Waals surface area contributed by atoms with Gasteiger partial charge >= 0.3 is 5.69 Å². The lowest BCUT2D eigenvalue weighted by Gasteiger charge is -2.10. The average Bonchev–Trinajstić information content (AvgIpc) is 3.51. The summed E-state index contributed by atoms with van der Waals surface area (Å²) < 4.78 is 7.97. The van der Waals surface area contributed by atoms with Gasteiger partial charge in [-0.3, -0.25) is 4.79 Å². The zero-order chi connectivity index (χ0) is 20.5. The van der Waals surface area contributed by atoms with E-state index >= 15 is 0 Å². The van der Waals surface area contributed by atoms with Crippen molar-refractivity contribution >= 4 is 11.6 Å². The molecule has 1 amide bonds. The van der Waals surface area contributed by atoms with E-state index in [1.54, 1.807) is 18.3 Å². The van der Waals surface area contributed by atoms with E-state index in [1.807, 2.05) is 30.3 Å². The Morgan fingerprint density at radius 1 is 1.13 bits per heavy atom. The molecule has 30 heavy (non-hydrogen) atoms. The predicted octanol–water partition coefficient (Wildman–Crippen LogP) is 2.27. The molecular formula is C21H20N6O3. The minimum atomic E-state index is -0.392. The van der Waals surface area contributed by atoms with Gasteiger partial charge in [0, 0.05) is 17.8 Å². The first-order chi connectivity index (χ1) is 14.7. The first-order valence-electron chi connectivity index (χ1n) is 9.96. The summed E-state index contributed by atoms with van der Waals surface area (Å²) in [7, 11) is 0. The van der Waals surface area contributed by atoms with Gasteiger partial charge < -0.3 is 9.84 Å². The Balaban J connectivity index is 1.46. The highest BCUT2D eigenvalue weighted by molar-refractivity contribution is 5.76. The van der Waals surface area contributed by atoms with Crippen LogP contribution in [0.15, 0.2) is 58.0 Å². The fourth-order valence-electron chi connectivity index (χ4n) is 3.82. The molecule has 0 bridgehead atoms. The predicted molar refractivity (Wildman–Crippen MR) is 109 cm³/mol. The zero-order valence-electron chi connectivity index (χ0n) is 16.2. The zero-order valence-corrected chi connectivity index (χ0v) is 16.2. The van der Waals surface area contributed by atoms with Crippen LogP contribution in [-0.4, -0.2) is 36.3 Å². The van der Waals surface area contributed by atoms with Crippen LogP contribution < -0.4 is 11.0 Å². The van der Waals surface area contributed by atoms with Gasteiger partial charge in [0.05, 0.1) is 5.56 Å². The molecule has 0 atom stereocenters. The summed E-state index contributed by atoms with van der Waals surface area (Å²) in [6.45, 7) is -0.129. The molecule has 1 saturated carbocycles. The molecule has 1 fully saturated rings. The lowest BCUT2D eigenvalue weighted by Crippen LogP contribution is -2.37. The van der Waals surface area contributed by atoms with Crippen molar-refractivity contribution in [3.8, 4) is 22.8 Å². The van der Waals surface area contributed by atoms with E-state index in [2.05, 4.69) is 20.6 Å². The topological polar surface area (TPSA) is 107 Å². The molecular weight excluding hydrogens is 384 g/mol. The molecule has 152 valence electrons. The minimum Gasteiger partial charge on any atom is -0.352 e. The molecule has 3 aromatic heterocycles. The van der Waals surface area contributed by atoms with Crippen LogP contribution in [0, 0.1) is 0 Å². The fourth-order valence-corrected chi connectivity index (χ4v) is 3.82. The number of pyridine rings is 1. The lowest BCUT2D eigenvalue weighted by atomic mass is 10.2. The molecule has 1 aromatic carbocycles. The Kier molecular flexibility index (Phi) is 4.62. The Labute approximate surface area is 171 Å². The lowest BCUT2D eigenvalue weighted by molar-refractivity contribution is -0.122. The number of hydrogen-bond donors (Lipinski definition) is 1. The minimum absolute atomic E-state index is 0.129. The van der Waals surface area contributed by atoms with Crippen molar-refractivity contribution in [2.24, 2.45) is 0 Å². The Morgan fingerprint density at radius 3 is 2.73 bits per heavy atom. The van der Waals surface area contributed by atoms with Crippen molar-refractivity contribution in [3.63, 3.8) is 0 Å². The van der Waals surface area contributed by atoms with E-state index in [0.29, 0.717) is 17.0 Å². The number of aromatic nitrogens is 5. The summed E-state index contributed by atoms with van der Waals surface area (Å²) in [6.07, 6.45) is 5.82. The van der Waals surface area contributed by atoms with Crippen LogP contribution in [0.4, 0.5) is 0 Å². The molecule has 0 radical (unpaired) electrons. The van der Waals surface area contributed by atoms with Gasteiger partial charge in [-0.2, -0.15) is 4.98 Å². The number of carbonyl (C=O) groups is 1. The van der Waals surface area contributed by atoms with E-state index in [9.17, 15) is 9.59 Å². The summed E-state index contributed by atoms with van der Waals surface area (Å²) >= 11 is 0. The first-order valence-corrected chi connectivity index (χ1v) is 9.96. The summed E-state index contributed by atoms with van der Waals surface area (Å²) in [5, 5.41) is 11.4. The molecule has 0 aliphatic heterocycles. The highest BCUT2D eigenvalue weighted by Gasteiger charge is 2.20. The maximum absolute atomic E-state index is 12.7. The van der Waals surface area contributed by atoms with Crippen molar-refractivity contribution < 1.29 is 9.32 Å². The molecule has 5 rings (SSSR count). The number of carbonyl (C=O) groups excluding carboxylic acids is 1. The molecule has 1 N–H and O–H groups in total. The van der Waals surface area contributed by atoms with Gasteiger partial charge in [-0.1, -0.05) is 48.3 Å². The van der Waals surface area contributed by atoms with E-state index < -0.39 is 5.69 Å². The quantitative estimate of drug-likeness (QED) is 0.547. The second-order valence-corrected chi connectivity index (χ2v) is 7.39. The number of nitrogens with zero attached hydrogens (tertiary/aromatic N) is 5. The molecule has 0 unspecified atom stereocenters. The second-order valence-electron chi connectivity index (χ2n) is 7.39. The van der Waals surface area contributed by atoms with Crippen molar-refractivity contribution in [2.75, 3.05) is 0 Å². The molecule has 1 aliphatic carbocycles.